The topological polar surface area (TPSA) is 48.1 Å². The molecule has 0 aromatic carbocycles. The number of nitrogens with one attached hydrogen (secondary N) is 4. The third kappa shape index (κ3) is 98.1. The second-order valence-corrected chi connectivity index (χ2v) is 3.83. The van der Waals surface area contributed by atoms with Crippen LogP contribution in [0.3, 0.4) is 0 Å². The summed E-state index contributed by atoms with van der Waals surface area (Å²) in [7, 11) is 0. The largest absolute Gasteiger partial charge is 0.317 e. The molecule has 0 spiro atoms. The fourth-order valence-electron chi connectivity index (χ4n) is 1.000. The zero-order chi connectivity index (χ0) is 16.5. The van der Waals surface area contributed by atoms with E-state index in [2.05, 4.69) is 76.7 Å². The second kappa shape index (κ2) is 49.9. The van der Waals surface area contributed by atoms with Crippen LogP contribution in [0.5, 0.6) is 0 Å². The molecule has 4 N–H and O–H groups in total. The molecular weight excluding hydrogens is 300 g/mol. The normalized spacial score (nSPS) is 8.00. The Kier molecular flexibility index (Phi) is 78.7. The number of rotatable bonds is 8. The van der Waals surface area contributed by atoms with Gasteiger partial charge in [0, 0.05) is 17.4 Å². The summed E-state index contributed by atoms with van der Waals surface area (Å²) in [6.07, 6.45) is 0. The van der Waals surface area contributed by atoms with Gasteiger partial charge in [-0.2, -0.15) is 0 Å². The summed E-state index contributed by atoms with van der Waals surface area (Å²) in [5, 5.41) is 12.4. The van der Waals surface area contributed by atoms with Crippen molar-refractivity contribution in [2.75, 3.05) is 52.4 Å². The van der Waals surface area contributed by atoms with E-state index in [-0.39, 0.29) is 17.4 Å². The van der Waals surface area contributed by atoms with Crippen LogP contribution < -0.4 is 21.3 Å². The van der Waals surface area contributed by atoms with Gasteiger partial charge in [0.25, 0.3) is 0 Å². The summed E-state index contributed by atoms with van der Waals surface area (Å²) in [6.45, 7) is 25.6. The Morgan fingerprint density at radius 3 is 0.429 bits per heavy atom. The monoisotopic (exact) mass is 344 g/mol. The zero-order valence-corrected chi connectivity index (χ0v) is 17.3. The van der Waals surface area contributed by atoms with Gasteiger partial charge in [0.2, 0.25) is 0 Å². The third-order valence-electron chi connectivity index (χ3n) is 2.00. The molecule has 0 rings (SSSR count). The minimum Gasteiger partial charge on any atom is -0.317 e. The van der Waals surface area contributed by atoms with Gasteiger partial charge in [0.05, 0.1) is 0 Å². The molecule has 0 aromatic heterocycles. The maximum Gasteiger partial charge on any atom is 0 e. The summed E-state index contributed by atoms with van der Waals surface area (Å²) < 4.78 is 0. The van der Waals surface area contributed by atoms with E-state index >= 15 is 0 Å². The Balaban J connectivity index is -0.0000000533. The van der Waals surface area contributed by atoms with E-state index in [1.807, 2.05) is 0 Å². The zero-order valence-electron chi connectivity index (χ0n) is 16.1. The van der Waals surface area contributed by atoms with Crippen molar-refractivity contribution in [1.82, 2.24) is 21.3 Å². The van der Waals surface area contributed by atoms with Crippen LogP contribution >= 0.6 is 0 Å². The molecular formula is C16H44CrN4. The van der Waals surface area contributed by atoms with Gasteiger partial charge in [-0.1, -0.05) is 55.4 Å². The molecule has 0 bridgehead atoms. The summed E-state index contributed by atoms with van der Waals surface area (Å²) in [4.78, 5) is 0. The van der Waals surface area contributed by atoms with Gasteiger partial charge < -0.3 is 21.3 Å². The van der Waals surface area contributed by atoms with Gasteiger partial charge in [0.15, 0.2) is 0 Å². The molecule has 0 unspecified atom stereocenters. The molecule has 0 radical (unpaired) electrons. The standard InChI is InChI=1S/4C4H11N.Cr/c4*1-3-5-4-2;/h4*5H,3-4H2,1-2H3;. The summed E-state index contributed by atoms with van der Waals surface area (Å²) in [6, 6.07) is 0. The summed E-state index contributed by atoms with van der Waals surface area (Å²) >= 11 is 0. The summed E-state index contributed by atoms with van der Waals surface area (Å²) in [5.41, 5.74) is 0. The molecule has 0 fully saturated rings. The molecule has 0 aromatic rings. The molecule has 0 atom stereocenters. The van der Waals surface area contributed by atoms with Crippen LogP contribution in [-0.2, 0) is 17.4 Å². The van der Waals surface area contributed by atoms with E-state index in [9.17, 15) is 0 Å². The van der Waals surface area contributed by atoms with E-state index in [0.29, 0.717) is 0 Å². The van der Waals surface area contributed by atoms with Crippen molar-refractivity contribution in [3.63, 3.8) is 0 Å². The van der Waals surface area contributed by atoms with Gasteiger partial charge in [0.1, 0.15) is 0 Å². The molecule has 134 valence electrons. The van der Waals surface area contributed by atoms with Gasteiger partial charge in [-0.25, -0.2) is 0 Å². The quantitative estimate of drug-likeness (QED) is 0.546. The van der Waals surface area contributed by atoms with Crippen molar-refractivity contribution in [2.24, 2.45) is 0 Å². The Morgan fingerprint density at radius 2 is 0.429 bits per heavy atom. The van der Waals surface area contributed by atoms with Gasteiger partial charge >= 0.3 is 0 Å². The van der Waals surface area contributed by atoms with Crippen LogP contribution in [0, 0.1) is 0 Å². The van der Waals surface area contributed by atoms with Crippen LogP contribution in [0.15, 0.2) is 0 Å². The van der Waals surface area contributed by atoms with Gasteiger partial charge in [-0.3, -0.25) is 0 Å². The molecule has 0 heterocycles. The van der Waals surface area contributed by atoms with Crippen molar-refractivity contribution in [2.45, 2.75) is 55.4 Å². The van der Waals surface area contributed by atoms with Crippen LogP contribution in [0.25, 0.3) is 0 Å². The molecule has 0 aliphatic heterocycles. The maximum atomic E-state index is 3.11. The van der Waals surface area contributed by atoms with E-state index in [4.69, 9.17) is 0 Å². The SMILES string of the molecule is CCNCC.CCNCC.CCNCC.CCNCC.[Cr]. The minimum absolute atomic E-state index is 0. The average Bonchev–Trinajstić information content (AvgIpc) is 2.44. The molecule has 0 saturated carbocycles. The van der Waals surface area contributed by atoms with Crippen LogP contribution in [0.4, 0.5) is 0 Å². The Morgan fingerprint density at radius 1 is 0.333 bits per heavy atom. The Bertz CT molecular complexity index is 74.3. The molecule has 4 nitrogen and oxygen atoms in total. The molecule has 0 aliphatic rings. The van der Waals surface area contributed by atoms with Crippen molar-refractivity contribution in [3.05, 3.63) is 0 Å². The smallest absolute Gasteiger partial charge is 0 e. The van der Waals surface area contributed by atoms with Crippen molar-refractivity contribution >= 4 is 0 Å². The predicted molar refractivity (Wildman–Crippen MR) is 96.9 cm³/mol. The van der Waals surface area contributed by atoms with Crippen molar-refractivity contribution < 1.29 is 17.4 Å². The first kappa shape index (κ1) is 33.1. The van der Waals surface area contributed by atoms with Crippen LogP contribution in [0.2, 0.25) is 0 Å². The van der Waals surface area contributed by atoms with Gasteiger partial charge in [-0.05, 0) is 52.4 Å². The van der Waals surface area contributed by atoms with E-state index in [0.717, 1.165) is 52.4 Å². The first-order valence-electron chi connectivity index (χ1n) is 8.49. The second-order valence-electron chi connectivity index (χ2n) is 3.83. The number of hydrogen-bond acceptors (Lipinski definition) is 4. The van der Waals surface area contributed by atoms with E-state index < -0.39 is 0 Å². The molecule has 21 heavy (non-hydrogen) atoms. The van der Waals surface area contributed by atoms with E-state index in [1.54, 1.807) is 0 Å². The Labute approximate surface area is 146 Å². The first-order chi connectivity index (χ1) is 9.66. The van der Waals surface area contributed by atoms with Crippen molar-refractivity contribution in [1.29, 1.82) is 0 Å². The maximum absolute atomic E-state index is 3.11. The first-order valence-corrected chi connectivity index (χ1v) is 8.49. The number of hydrogen-bond donors (Lipinski definition) is 4. The summed E-state index contributed by atoms with van der Waals surface area (Å²) in [5.74, 6) is 0. The molecule has 0 aliphatic carbocycles. The Hall–Kier alpha value is 0.372. The predicted octanol–water partition coefficient (Wildman–Crippen LogP) is 2.46. The fraction of sp³-hybridized carbons (Fsp3) is 1.00. The van der Waals surface area contributed by atoms with Crippen molar-refractivity contribution in [3.8, 4) is 0 Å². The minimum atomic E-state index is 0. The van der Waals surface area contributed by atoms with Crippen LogP contribution in [0.1, 0.15) is 55.4 Å². The van der Waals surface area contributed by atoms with E-state index in [1.165, 1.54) is 0 Å². The third-order valence-corrected chi connectivity index (χ3v) is 2.00. The average molecular weight is 345 g/mol. The molecule has 5 heteroatoms. The van der Waals surface area contributed by atoms with Gasteiger partial charge in [-0.15, -0.1) is 0 Å². The fourth-order valence-corrected chi connectivity index (χ4v) is 1.000. The van der Waals surface area contributed by atoms with Crippen LogP contribution in [-0.4, -0.2) is 52.4 Å². The molecule has 0 amide bonds. The molecule has 0 saturated heterocycles.